The Kier molecular flexibility index (Phi) is 4.25. The smallest absolute Gasteiger partial charge is 0.269 e. The van der Waals surface area contributed by atoms with Gasteiger partial charge in [-0.1, -0.05) is 54.1 Å². The SMILES string of the molecule is Cc1ccc2c(Cl)c(C(=O)Nc3nc(-c4ccccc4)ns3)sc2c1. The van der Waals surface area contributed by atoms with E-state index in [1.165, 1.54) is 11.3 Å². The van der Waals surface area contributed by atoms with Crippen molar-refractivity contribution in [3.05, 3.63) is 64.0 Å². The third kappa shape index (κ3) is 3.16. The topological polar surface area (TPSA) is 54.9 Å². The van der Waals surface area contributed by atoms with Crippen molar-refractivity contribution in [2.45, 2.75) is 6.92 Å². The third-order valence-electron chi connectivity index (χ3n) is 3.67. The predicted molar refractivity (Wildman–Crippen MR) is 105 cm³/mol. The Hall–Kier alpha value is -2.28. The number of halogens is 1. The van der Waals surface area contributed by atoms with Crippen LogP contribution in [0.5, 0.6) is 0 Å². The number of fused-ring (bicyclic) bond motifs is 1. The molecule has 0 aliphatic rings. The van der Waals surface area contributed by atoms with Crippen LogP contribution in [0.1, 0.15) is 15.2 Å². The first kappa shape index (κ1) is 16.2. The molecule has 0 aliphatic carbocycles. The molecule has 0 saturated heterocycles. The molecule has 0 fully saturated rings. The molecule has 2 aromatic carbocycles. The molecule has 0 aliphatic heterocycles. The van der Waals surface area contributed by atoms with Crippen LogP contribution in [0.15, 0.2) is 48.5 Å². The zero-order chi connectivity index (χ0) is 17.4. The van der Waals surface area contributed by atoms with E-state index in [4.69, 9.17) is 11.6 Å². The largest absolute Gasteiger partial charge is 0.296 e. The van der Waals surface area contributed by atoms with Crippen molar-refractivity contribution in [2.24, 2.45) is 0 Å². The van der Waals surface area contributed by atoms with Gasteiger partial charge in [0.05, 0.1) is 5.02 Å². The number of hydrogen-bond donors (Lipinski definition) is 1. The number of aryl methyl sites for hydroxylation is 1. The first-order chi connectivity index (χ1) is 12.1. The van der Waals surface area contributed by atoms with Crippen molar-refractivity contribution >= 4 is 55.6 Å². The van der Waals surface area contributed by atoms with Gasteiger partial charge in [-0.2, -0.15) is 9.36 Å². The molecule has 25 heavy (non-hydrogen) atoms. The van der Waals surface area contributed by atoms with Gasteiger partial charge in [-0.15, -0.1) is 11.3 Å². The molecule has 1 N–H and O–H groups in total. The molecule has 0 bridgehead atoms. The number of aromatic nitrogens is 2. The van der Waals surface area contributed by atoms with E-state index in [1.54, 1.807) is 0 Å². The van der Waals surface area contributed by atoms with Crippen molar-refractivity contribution in [3.63, 3.8) is 0 Å². The monoisotopic (exact) mass is 385 g/mol. The number of anilines is 1. The summed E-state index contributed by atoms with van der Waals surface area (Å²) >= 11 is 8.92. The summed E-state index contributed by atoms with van der Waals surface area (Å²) in [5.74, 6) is 0.332. The van der Waals surface area contributed by atoms with E-state index >= 15 is 0 Å². The average molecular weight is 386 g/mol. The minimum absolute atomic E-state index is 0.264. The van der Waals surface area contributed by atoms with Crippen molar-refractivity contribution in [1.82, 2.24) is 9.36 Å². The van der Waals surface area contributed by atoms with Gasteiger partial charge in [0, 0.05) is 27.2 Å². The molecule has 4 rings (SSSR count). The highest BCUT2D eigenvalue weighted by Gasteiger charge is 2.19. The van der Waals surface area contributed by atoms with Crippen molar-refractivity contribution in [2.75, 3.05) is 5.32 Å². The fraction of sp³-hybridized carbons (Fsp3) is 0.0556. The predicted octanol–water partition coefficient (Wildman–Crippen LogP) is 5.63. The maximum Gasteiger partial charge on any atom is 0.269 e. The summed E-state index contributed by atoms with van der Waals surface area (Å²) in [6.45, 7) is 2.01. The highest BCUT2D eigenvalue weighted by molar-refractivity contribution is 7.21. The lowest BCUT2D eigenvalue weighted by molar-refractivity contribution is 0.103. The summed E-state index contributed by atoms with van der Waals surface area (Å²) in [7, 11) is 0. The summed E-state index contributed by atoms with van der Waals surface area (Å²) in [5, 5.41) is 4.62. The van der Waals surface area contributed by atoms with Gasteiger partial charge in [-0.05, 0) is 18.6 Å². The fourth-order valence-corrected chi connectivity index (χ4v) is 4.55. The lowest BCUT2D eigenvalue weighted by atomic mass is 10.2. The van der Waals surface area contributed by atoms with Gasteiger partial charge < -0.3 is 0 Å². The van der Waals surface area contributed by atoms with Crippen LogP contribution in [0.3, 0.4) is 0 Å². The Labute approximate surface area is 157 Å². The van der Waals surface area contributed by atoms with Crippen molar-refractivity contribution in [3.8, 4) is 11.4 Å². The van der Waals surface area contributed by atoms with E-state index in [0.717, 1.165) is 32.7 Å². The minimum atomic E-state index is -0.264. The van der Waals surface area contributed by atoms with Gasteiger partial charge in [0.15, 0.2) is 5.82 Å². The number of nitrogens with one attached hydrogen (secondary N) is 1. The summed E-state index contributed by atoms with van der Waals surface area (Å²) in [4.78, 5) is 17.5. The number of hydrogen-bond acceptors (Lipinski definition) is 5. The van der Waals surface area contributed by atoms with E-state index in [9.17, 15) is 4.79 Å². The van der Waals surface area contributed by atoms with E-state index in [2.05, 4.69) is 14.7 Å². The molecular weight excluding hydrogens is 374 g/mol. The number of rotatable bonds is 3. The van der Waals surface area contributed by atoms with Crippen LogP contribution in [-0.2, 0) is 0 Å². The average Bonchev–Trinajstić information content (AvgIpc) is 3.20. The molecule has 0 spiro atoms. The first-order valence-electron chi connectivity index (χ1n) is 7.51. The maximum atomic E-state index is 12.6. The third-order valence-corrected chi connectivity index (χ3v) is 5.96. The summed E-state index contributed by atoms with van der Waals surface area (Å²) in [6, 6.07) is 15.6. The van der Waals surface area contributed by atoms with Gasteiger partial charge in [0.1, 0.15) is 4.88 Å². The molecule has 4 nitrogen and oxygen atoms in total. The van der Waals surface area contributed by atoms with E-state index < -0.39 is 0 Å². The highest BCUT2D eigenvalue weighted by Crippen LogP contribution is 2.36. The second-order valence-corrected chi connectivity index (χ2v) is 7.67. The quantitative estimate of drug-likeness (QED) is 0.497. The van der Waals surface area contributed by atoms with E-state index in [-0.39, 0.29) is 5.91 Å². The number of nitrogens with zero attached hydrogens (tertiary/aromatic N) is 2. The standard InChI is InChI=1S/C18H12ClN3OS2/c1-10-7-8-12-13(9-10)24-15(14(12)19)17(23)21-18-20-16(22-25-18)11-5-3-2-4-6-11/h2-9H,1H3,(H,20,21,22,23). The maximum absolute atomic E-state index is 12.6. The Morgan fingerprint density at radius 2 is 1.96 bits per heavy atom. The molecule has 0 radical (unpaired) electrons. The Balaban J connectivity index is 1.60. The molecule has 2 aromatic heterocycles. The van der Waals surface area contributed by atoms with Crippen LogP contribution in [0.2, 0.25) is 5.02 Å². The Morgan fingerprint density at radius 3 is 2.76 bits per heavy atom. The lowest BCUT2D eigenvalue weighted by Crippen LogP contribution is -2.10. The molecular formula is C18H12ClN3OS2. The molecule has 4 aromatic rings. The zero-order valence-electron chi connectivity index (χ0n) is 13.1. The molecule has 124 valence electrons. The van der Waals surface area contributed by atoms with Gasteiger partial charge in [0.25, 0.3) is 5.91 Å². The number of amides is 1. The summed E-state index contributed by atoms with van der Waals surface area (Å²) in [6.07, 6.45) is 0. The van der Waals surface area contributed by atoms with Crippen LogP contribution in [0.25, 0.3) is 21.5 Å². The Bertz CT molecular complexity index is 1070. The van der Waals surface area contributed by atoms with Crippen molar-refractivity contribution < 1.29 is 4.79 Å². The number of carbonyl (C=O) groups is 1. The molecule has 0 saturated carbocycles. The zero-order valence-corrected chi connectivity index (χ0v) is 15.5. The lowest BCUT2D eigenvalue weighted by Gasteiger charge is -1.98. The second-order valence-electron chi connectivity index (χ2n) is 5.49. The molecule has 2 heterocycles. The van der Waals surface area contributed by atoms with Crippen LogP contribution >= 0.6 is 34.5 Å². The van der Waals surface area contributed by atoms with Gasteiger partial charge in [0.2, 0.25) is 5.13 Å². The number of carbonyl (C=O) groups excluding carboxylic acids is 1. The summed E-state index contributed by atoms with van der Waals surface area (Å²) < 4.78 is 5.29. The molecule has 1 amide bonds. The van der Waals surface area contributed by atoms with Gasteiger partial charge >= 0.3 is 0 Å². The first-order valence-corrected chi connectivity index (χ1v) is 9.48. The normalized spacial score (nSPS) is 11.0. The van der Waals surface area contributed by atoms with Gasteiger partial charge in [-0.3, -0.25) is 10.1 Å². The highest BCUT2D eigenvalue weighted by atomic mass is 35.5. The van der Waals surface area contributed by atoms with Crippen LogP contribution in [0.4, 0.5) is 5.13 Å². The van der Waals surface area contributed by atoms with Crippen LogP contribution < -0.4 is 5.32 Å². The summed E-state index contributed by atoms with van der Waals surface area (Å²) in [5.41, 5.74) is 2.05. The van der Waals surface area contributed by atoms with Crippen molar-refractivity contribution in [1.29, 1.82) is 0 Å². The number of benzene rings is 2. The second kappa shape index (κ2) is 6.55. The number of thiophene rings is 1. The molecule has 0 unspecified atom stereocenters. The Morgan fingerprint density at radius 1 is 1.16 bits per heavy atom. The van der Waals surface area contributed by atoms with Crippen LogP contribution in [-0.4, -0.2) is 15.3 Å². The minimum Gasteiger partial charge on any atom is -0.296 e. The molecule has 7 heteroatoms. The molecule has 0 atom stereocenters. The fourth-order valence-electron chi connectivity index (χ4n) is 2.45. The van der Waals surface area contributed by atoms with Crippen LogP contribution in [0, 0.1) is 6.92 Å². The van der Waals surface area contributed by atoms with Gasteiger partial charge in [-0.25, -0.2) is 0 Å². The van der Waals surface area contributed by atoms with E-state index in [0.29, 0.717) is 20.9 Å². The van der Waals surface area contributed by atoms with E-state index in [1.807, 2.05) is 55.5 Å².